The zero-order valence-electron chi connectivity index (χ0n) is 20.9. The molecule has 0 aliphatic heterocycles. The molecule has 30 heavy (non-hydrogen) atoms. The fraction of sp³-hybridized carbons (Fsp3) is 1.00. The lowest BCUT2D eigenvalue weighted by atomic mass is 10.0. The smallest absolute Gasteiger partial charge is 0.0540 e. The maximum Gasteiger partial charge on any atom is 0.0540 e. The van der Waals surface area contributed by atoms with Crippen LogP contribution in [0.15, 0.2) is 0 Å². The zero-order chi connectivity index (χ0) is 22.0. The van der Waals surface area contributed by atoms with Gasteiger partial charge in [-0.25, -0.2) is 0 Å². The van der Waals surface area contributed by atoms with E-state index in [0.717, 1.165) is 25.7 Å². The molecule has 0 rings (SSSR count). The van der Waals surface area contributed by atoms with Gasteiger partial charge in [-0.1, -0.05) is 142 Å². The minimum atomic E-state index is -0.142. The Morgan fingerprint density at radius 3 is 0.967 bits per heavy atom. The molecule has 1 unspecified atom stereocenters. The summed E-state index contributed by atoms with van der Waals surface area (Å²) in [6.07, 6.45) is 33.2. The second-order valence-electron chi connectivity index (χ2n) is 9.73. The van der Waals surface area contributed by atoms with Gasteiger partial charge in [0.05, 0.1) is 6.10 Å². The first kappa shape index (κ1) is 29.9. The molecular formula is C28H58O2. The van der Waals surface area contributed by atoms with E-state index in [-0.39, 0.29) is 12.7 Å². The molecular weight excluding hydrogens is 368 g/mol. The topological polar surface area (TPSA) is 40.5 Å². The summed E-state index contributed by atoms with van der Waals surface area (Å²) in [5, 5.41) is 18.6. The summed E-state index contributed by atoms with van der Waals surface area (Å²) >= 11 is 0. The van der Waals surface area contributed by atoms with E-state index in [9.17, 15) is 5.11 Å². The molecule has 2 nitrogen and oxygen atoms in total. The molecule has 182 valence electrons. The zero-order valence-corrected chi connectivity index (χ0v) is 20.9. The SMILES string of the molecule is CCCCCCCCCCCCCCCCCCCCCCCC(O)CCCCO. The number of hydrogen-bond donors (Lipinski definition) is 2. The summed E-state index contributed by atoms with van der Waals surface area (Å²) < 4.78 is 0. The van der Waals surface area contributed by atoms with Crippen LogP contribution in [0.3, 0.4) is 0 Å². The molecule has 0 heterocycles. The molecule has 0 aromatic carbocycles. The number of rotatable bonds is 26. The fourth-order valence-corrected chi connectivity index (χ4v) is 4.45. The number of aliphatic hydroxyl groups is 2. The predicted molar refractivity (Wildman–Crippen MR) is 134 cm³/mol. The summed E-state index contributed by atoms with van der Waals surface area (Å²) in [4.78, 5) is 0. The molecule has 0 radical (unpaired) electrons. The Labute approximate surface area is 190 Å². The lowest BCUT2D eigenvalue weighted by Crippen LogP contribution is -2.06. The third-order valence-corrected chi connectivity index (χ3v) is 6.59. The van der Waals surface area contributed by atoms with Gasteiger partial charge >= 0.3 is 0 Å². The van der Waals surface area contributed by atoms with Crippen molar-refractivity contribution in [1.82, 2.24) is 0 Å². The summed E-state index contributed by atoms with van der Waals surface area (Å²) in [6.45, 7) is 2.55. The Balaban J connectivity index is 3.05. The normalized spacial score (nSPS) is 12.5. The van der Waals surface area contributed by atoms with E-state index in [0.29, 0.717) is 0 Å². The first-order chi connectivity index (χ1) is 14.8. The molecule has 2 heteroatoms. The van der Waals surface area contributed by atoms with Crippen LogP contribution in [-0.2, 0) is 0 Å². The molecule has 0 aromatic heterocycles. The molecule has 0 aliphatic carbocycles. The maximum atomic E-state index is 9.85. The number of hydrogen-bond acceptors (Lipinski definition) is 2. The third-order valence-electron chi connectivity index (χ3n) is 6.59. The van der Waals surface area contributed by atoms with Crippen molar-refractivity contribution in [2.24, 2.45) is 0 Å². The molecule has 0 aliphatic rings. The maximum absolute atomic E-state index is 9.85. The number of aliphatic hydroxyl groups excluding tert-OH is 2. The average molecular weight is 427 g/mol. The van der Waals surface area contributed by atoms with Gasteiger partial charge in [-0.2, -0.15) is 0 Å². The Morgan fingerprint density at radius 1 is 0.400 bits per heavy atom. The molecule has 0 aromatic rings. The van der Waals surface area contributed by atoms with Gasteiger partial charge in [0.15, 0.2) is 0 Å². The van der Waals surface area contributed by atoms with Crippen molar-refractivity contribution in [3.8, 4) is 0 Å². The Bertz CT molecular complexity index is 292. The van der Waals surface area contributed by atoms with E-state index in [2.05, 4.69) is 6.92 Å². The van der Waals surface area contributed by atoms with Crippen molar-refractivity contribution < 1.29 is 10.2 Å². The minimum absolute atomic E-state index is 0.142. The molecule has 0 saturated carbocycles. The highest BCUT2D eigenvalue weighted by Gasteiger charge is 2.03. The van der Waals surface area contributed by atoms with Gasteiger partial charge in [0.25, 0.3) is 0 Å². The van der Waals surface area contributed by atoms with Gasteiger partial charge in [0.1, 0.15) is 0 Å². The van der Waals surface area contributed by atoms with Crippen molar-refractivity contribution in [1.29, 1.82) is 0 Å². The van der Waals surface area contributed by atoms with E-state index < -0.39 is 0 Å². The van der Waals surface area contributed by atoms with E-state index in [1.54, 1.807) is 0 Å². The van der Waals surface area contributed by atoms with E-state index >= 15 is 0 Å². The average Bonchev–Trinajstić information content (AvgIpc) is 2.75. The van der Waals surface area contributed by atoms with Crippen molar-refractivity contribution in [3.63, 3.8) is 0 Å². The van der Waals surface area contributed by atoms with Gasteiger partial charge in [-0.15, -0.1) is 0 Å². The molecule has 0 bridgehead atoms. The second kappa shape index (κ2) is 27.0. The van der Waals surface area contributed by atoms with Crippen molar-refractivity contribution >= 4 is 0 Å². The predicted octanol–water partition coefficient (Wildman–Crippen LogP) is 9.11. The van der Waals surface area contributed by atoms with Crippen LogP contribution in [0.4, 0.5) is 0 Å². The van der Waals surface area contributed by atoms with E-state index in [1.807, 2.05) is 0 Å². The molecule has 0 fully saturated rings. The highest BCUT2D eigenvalue weighted by Crippen LogP contribution is 2.16. The van der Waals surface area contributed by atoms with Crippen LogP contribution in [0.25, 0.3) is 0 Å². The summed E-state index contributed by atoms with van der Waals surface area (Å²) in [5.41, 5.74) is 0. The Morgan fingerprint density at radius 2 is 0.667 bits per heavy atom. The third kappa shape index (κ3) is 26.0. The Hall–Kier alpha value is -0.0800. The van der Waals surface area contributed by atoms with Gasteiger partial charge in [0.2, 0.25) is 0 Å². The van der Waals surface area contributed by atoms with Crippen LogP contribution < -0.4 is 0 Å². The summed E-state index contributed by atoms with van der Waals surface area (Å²) in [5.74, 6) is 0. The minimum Gasteiger partial charge on any atom is -0.396 e. The lowest BCUT2D eigenvalue weighted by molar-refractivity contribution is 0.144. The van der Waals surface area contributed by atoms with Gasteiger partial charge < -0.3 is 10.2 Å². The number of unbranched alkanes of at least 4 members (excludes halogenated alkanes) is 21. The standard InChI is InChI=1S/C28H58O2/c1-2-3-4-5-6-7-8-9-10-11-12-13-14-15-16-17-18-19-20-21-22-25-28(30)26-23-24-27-29/h28-30H,2-27H2,1H3. The monoisotopic (exact) mass is 426 g/mol. The first-order valence-corrected chi connectivity index (χ1v) is 14.1. The van der Waals surface area contributed by atoms with Gasteiger partial charge in [-0.3, -0.25) is 0 Å². The van der Waals surface area contributed by atoms with Crippen LogP contribution in [0, 0.1) is 0 Å². The highest BCUT2D eigenvalue weighted by atomic mass is 16.3. The van der Waals surface area contributed by atoms with Crippen LogP contribution in [0.1, 0.15) is 167 Å². The van der Waals surface area contributed by atoms with Crippen LogP contribution in [-0.4, -0.2) is 22.9 Å². The quantitative estimate of drug-likeness (QED) is 0.135. The largest absolute Gasteiger partial charge is 0.396 e. The van der Waals surface area contributed by atoms with E-state index in [4.69, 9.17) is 5.11 Å². The summed E-state index contributed by atoms with van der Waals surface area (Å²) in [6, 6.07) is 0. The first-order valence-electron chi connectivity index (χ1n) is 14.1. The van der Waals surface area contributed by atoms with Crippen LogP contribution in [0.5, 0.6) is 0 Å². The molecule has 1 atom stereocenters. The van der Waals surface area contributed by atoms with Gasteiger partial charge in [0, 0.05) is 6.61 Å². The second-order valence-corrected chi connectivity index (χ2v) is 9.73. The fourth-order valence-electron chi connectivity index (χ4n) is 4.45. The van der Waals surface area contributed by atoms with Crippen LogP contribution in [0.2, 0.25) is 0 Å². The molecule has 2 N–H and O–H groups in total. The Kier molecular flexibility index (Phi) is 26.9. The van der Waals surface area contributed by atoms with Crippen LogP contribution >= 0.6 is 0 Å². The molecule has 0 amide bonds. The van der Waals surface area contributed by atoms with Crippen molar-refractivity contribution in [3.05, 3.63) is 0 Å². The molecule has 0 spiro atoms. The van der Waals surface area contributed by atoms with Gasteiger partial charge in [-0.05, 0) is 25.7 Å². The summed E-state index contributed by atoms with van der Waals surface area (Å²) in [7, 11) is 0. The highest BCUT2D eigenvalue weighted by molar-refractivity contribution is 4.57. The van der Waals surface area contributed by atoms with E-state index in [1.165, 1.54) is 135 Å². The van der Waals surface area contributed by atoms with Crippen molar-refractivity contribution in [2.75, 3.05) is 6.61 Å². The lowest BCUT2D eigenvalue weighted by Gasteiger charge is -2.09. The van der Waals surface area contributed by atoms with Crippen molar-refractivity contribution in [2.45, 2.75) is 174 Å². The molecule has 0 saturated heterocycles.